The Morgan fingerprint density at radius 2 is 1.96 bits per heavy atom. The van der Waals surface area contributed by atoms with E-state index in [4.69, 9.17) is 16.3 Å². The van der Waals surface area contributed by atoms with Gasteiger partial charge in [-0.15, -0.1) is 11.6 Å². The molecule has 2 aromatic carbocycles. The van der Waals surface area contributed by atoms with E-state index in [2.05, 4.69) is 0 Å². The first-order chi connectivity index (χ1) is 11.2. The number of carbonyl (C=O) groups excluding carboxylic acids is 1. The third kappa shape index (κ3) is 2.91. The molecule has 24 heavy (non-hydrogen) atoms. The van der Waals surface area contributed by atoms with Gasteiger partial charge >= 0.3 is 6.09 Å². The fraction of sp³-hybridized carbons (Fsp3) is 0.421. The third-order valence-electron chi connectivity index (χ3n) is 4.25. The Labute approximate surface area is 147 Å². The summed E-state index contributed by atoms with van der Waals surface area (Å²) in [5.74, 6) is 0.139. The lowest BCUT2D eigenvalue weighted by Gasteiger charge is -2.25. The first-order valence-corrected chi connectivity index (χ1v) is 8.52. The van der Waals surface area contributed by atoms with Crippen molar-refractivity contribution in [3.63, 3.8) is 0 Å². The second-order valence-electron chi connectivity index (χ2n) is 7.25. The molecule has 0 saturated carbocycles. The number of hydrogen-bond acceptors (Lipinski definition) is 3. The number of rotatable bonds is 1. The molecule has 1 heterocycles. The standard InChI is InChI=1S/C19H22ClNO3/c1-11(20)14-10-21(18(23)24-19(2,3)4)15-9-16(22)12-7-5-6-8-13(12)17(14)15/h5-9,11,14,22H,10H2,1-4H3. The first kappa shape index (κ1) is 16.9. The van der Waals surface area contributed by atoms with E-state index in [1.54, 1.807) is 11.0 Å². The van der Waals surface area contributed by atoms with Crippen LogP contribution in [0, 0.1) is 0 Å². The van der Waals surface area contributed by atoms with Crippen molar-refractivity contribution < 1.29 is 14.6 Å². The first-order valence-electron chi connectivity index (χ1n) is 8.08. The molecule has 0 spiro atoms. The van der Waals surface area contributed by atoms with Crippen molar-refractivity contribution in [1.82, 2.24) is 0 Å². The van der Waals surface area contributed by atoms with Gasteiger partial charge in [-0.2, -0.15) is 0 Å². The molecule has 128 valence electrons. The smallest absolute Gasteiger partial charge is 0.414 e. The maximum absolute atomic E-state index is 12.6. The van der Waals surface area contributed by atoms with Crippen LogP contribution in [0.1, 0.15) is 39.2 Å². The van der Waals surface area contributed by atoms with E-state index in [0.29, 0.717) is 12.2 Å². The highest BCUT2D eigenvalue weighted by Gasteiger charge is 2.38. The lowest BCUT2D eigenvalue weighted by atomic mass is 9.92. The van der Waals surface area contributed by atoms with Crippen LogP contribution in [0.5, 0.6) is 5.75 Å². The largest absolute Gasteiger partial charge is 0.507 e. The Balaban J connectivity index is 2.16. The second-order valence-corrected chi connectivity index (χ2v) is 7.94. The van der Waals surface area contributed by atoms with Gasteiger partial charge in [-0.1, -0.05) is 24.3 Å². The Morgan fingerprint density at radius 3 is 2.54 bits per heavy atom. The number of anilines is 1. The molecule has 3 rings (SSSR count). The number of hydrogen-bond donors (Lipinski definition) is 1. The van der Waals surface area contributed by atoms with Gasteiger partial charge in [0.25, 0.3) is 0 Å². The SMILES string of the molecule is CC(Cl)C1CN(C(=O)OC(C)(C)C)c2cc(O)c3ccccc3c21. The lowest BCUT2D eigenvalue weighted by molar-refractivity contribution is 0.0582. The molecule has 0 aromatic heterocycles. The summed E-state index contributed by atoms with van der Waals surface area (Å²) in [6.45, 7) is 7.88. The van der Waals surface area contributed by atoms with Crippen LogP contribution in [0.4, 0.5) is 10.5 Å². The predicted molar refractivity (Wildman–Crippen MR) is 97.2 cm³/mol. The van der Waals surface area contributed by atoms with Gasteiger partial charge in [0.1, 0.15) is 11.4 Å². The molecule has 5 heteroatoms. The van der Waals surface area contributed by atoms with Crippen LogP contribution < -0.4 is 4.90 Å². The fourth-order valence-corrected chi connectivity index (χ4v) is 3.43. The van der Waals surface area contributed by atoms with E-state index in [9.17, 15) is 9.90 Å². The van der Waals surface area contributed by atoms with Gasteiger partial charge in [-0.25, -0.2) is 4.79 Å². The number of alkyl halides is 1. The molecule has 4 nitrogen and oxygen atoms in total. The Bertz CT molecular complexity index is 795. The summed E-state index contributed by atoms with van der Waals surface area (Å²) in [5, 5.41) is 11.9. The molecule has 0 bridgehead atoms. The summed E-state index contributed by atoms with van der Waals surface area (Å²) in [7, 11) is 0. The van der Waals surface area contributed by atoms with Crippen LogP contribution >= 0.6 is 11.6 Å². The molecule has 1 aliphatic rings. The maximum Gasteiger partial charge on any atom is 0.414 e. The van der Waals surface area contributed by atoms with Crippen molar-refractivity contribution >= 4 is 34.2 Å². The van der Waals surface area contributed by atoms with Crippen molar-refractivity contribution in [3.8, 4) is 5.75 Å². The summed E-state index contributed by atoms with van der Waals surface area (Å²) in [6, 6.07) is 9.28. The van der Waals surface area contributed by atoms with Crippen LogP contribution in [-0.4, -0.2) is 28.7 Å². The minimum Gasteiger partial charge on any atom is -0.507 e. The van der Waals surface area contributed by atoms with Gasteiger partial charge in [-0.3, -0.25) is 4.90 Å². The van der Waals surface area contributed by atoms with E-state index in [0.717, 1.165) is 16.3 Å². The van der Waals surface area contributed by atoms with Gasteiger partial charge in [0.15, 0.2) is 0 Å². The molecular formula is C19H22ClNO3. The van der Waals surface area contributed by atoms with Crippen LogP contribution in [0.2, 0.25) is 0 Å². The summed E-state index contributed by atoms with van der Waals surface area (Å²) in [4.78, 5) is 14.2. The zero-order chi connectivity index (χ0) is 17.6. The topological polar surface area (TPSA) is 49.8 Å². The number of phenols is 1. The molecule has 0 fully saturated rings. The minimum atomic E-state index is -0.583. The summed E-state index contributed by atoms with van der Waals surface area (Å²) >= 11 is 6.41. The number of benzene rings is 2. The van der Waals surface area contributed by atoms with E-state index in [-0.39, 0.29) is 17.0 Å². The minimum absolute atomic E-state index is 0.0142. The highest BCUT2D eigenvalue weighted by atomic mass is 35.5. The van der Waals surface area contributed by atoms with Gasteiger partial charge in [0, 0.05) is 29.3 Å². The number of phenolic OH excluding ortho intramolecular Hbond substituents is 1. The summed E-state index contributed by atoms with van der Waals surface area (Å²) in [6.07, 6.45) is -0.418. The summed E-state index contributed by atoms with van der Waals surface area (Å²) < 4.78 is 5.52. The van der Waals surface area contributed by atoms with Crippen molar-refractivity contribution in [2.24, 2.45) is 0 Å². The normalized spacial score (nSPS) is 18.5. The molecule has 1 N–H and O–H groups in total. The van der Waals surface area contributed by atoms with Gasteiger partial charge in [0.05, 0.1) is 5.69 Å². The monoisotopic (exact) mass is 347 g/mol. The zero-order valence-corrected chi connectivity index (χ0v) is 15.1. The molecule has 0 aliphatic carbocycles. The van der Waals surface area contributed by atoms with E-state index < -0.39 is 11.7 Å². The van der Waals surface area contributed by atoms with Crippen LogP contribution in [0.3, 0.4) is 0 Å². The molecule has 0 radical (unpaired) electrons. The number of carbonyl (C=O) groups is 1. The maximum atomic E-state index is 12.6. The van der Waals surface area contributed by atoms with Crippen molar-refractivity contribution in [3.05, 3.63) is 35.9 Å². The fourth-order valence-electron chi connectivity index (χ4n) is 3.23. The number of amides is 1. The highest BCUT2D eigenvalue weighted by molar-refractivity contribution is 6.21. The van der Waals surface area contributed by atoms with Crippen molar-refractivity contribution in [2.45, 2.75) is 44.6 Å². The number of aromatic hydroxyl groups is 1. The Kier molecular flexibility index (Phi) is 4.12. The molecule has 2 aromatic rings. The van der Waals surface area contributed by atoms with Crippen molar-refractivity contribution in [1.29, 1.82) is 0 Å². The van der Waals surface area contributed by atoms with Crippen LogP contribution in [-0.2, 0) is 4.74 Å². The van der Waals surface area contributed by atoms with E-state index in [1.807, 2.05) is 52.0 Å². The summed E-state index contributed by atoms with van der Waals surface area (Å²) in [5.41, 5.74) is 1.09. The predicted octanol–water partition coefficient (Wildman–Crippen LogP) is 5.01. The quantitative estimate of drug-likeness (QED) is 0.737. The second kappa shape index (κ2) is 5.85. The van der Waals surface area contributed by atoms with Gasteiger partial charge < -0.3 is 9.84 Å². The van der Waals surface area contributed by atoms with Crippen LogP contribution in [0.15, 0.2) is 30.3 Å². The Morgan fingerprint density at radius 1 is 1.33 bits per heavy atom. The number of ether oxygens (including phenoxy) is 1. The third-order valence-corrected chi connectivity index (χ3v) is 4.56. The Hall–Kier alpha value is -1.94. The average molecular weight is 348 g/mol. The average Bonchev–Trinajstić information content (AvgIpc) is 2.85. The molecule has 2 unspecified atom stereocenters. The molecule has 0 saturated heterocycles. The number of fused-ring (bicyclic) bond motifs is 3. The number of halogens is 1. The van der Waals surface area contributed by atoms with Gasteiger partial charge in [0.2, 0.25) is 0 Å². The number of nitrogens with zero attached hydrogens (tertiary/aromatic N) is 1. The molecule has 1 amide bonds. The van der Waals surface area contributed by atoms with Crippen LogP contribution in [0.25, 0.3) is 10.8 Å². The molecule has 1 aliphatic heterocycles. The zero-order valence-electron chi connectivity index (χ0n) is 14.3. The van der Waals surface area contributed by atoms with E-state index >= 15 is 0 Å². The van der Waals surface area contributed by atoms with Crippen molar-refractivity contribution in [2.75, 3.05) is 11.4 Å². The lowest BCUT2D eigenvalue weighted by Crippen LogP contribution is -2.36. The molecular weight excluding hydrogens is 326 g/mol. The highest BCUT2D eigenvalue weighted by Crippen LogP contribution is 2.47. The van der Waals surface area contributed by atoms with E-state index in [1.165, 1.54) is 0 Å². The van der Waals surface area contributed by atoms with Gasteiger partial charge in [-0.05, 0) is 38.6 Å². The molecule has 2 atom stereocenters.